The van der Waals surface area contributed by atoms with Crippen LogP contribution in [-0.2, 0) is 0 Å². The highest BCUT2D eigenvalue weighted by Gasteiger charge is 2.52. The van der Waals surface area contributed by atoms with Crippen molar-refractivity contribution in [1.29, 1.82) is 0 Å². The van der Waals surface area contributed by atoms with Crippen molar-refractivity contribution in [3.8, 4) is 22.6 Å². The first kappa shape index (κ1) is 26.1. The lowest BCUT2D eigenvalue weighted by atomic mass is 9.72. The van der Waals surface area contributed by atoms with Gasteiger partial charge in [-0.15, -0.1) is 0 Å². The molecule has 0 saturated carbocycles. The molecule has 2 aromatic carbocycles. The molecule has 0 bridgehead atoms. The Morgan fingerprint density at radius 2 is 2.06 bits per heavy atom. The average molecular weight is 519 g/mol. The third-order valence-corrected chi connectivity index (χ3v) is 7.30. The van der Waals surface area contributed by atoms with Crippen LogP contribution in [0.3, 0.4) is 0 Å². The van der Waals surface area contributed by atoms with Crippen molar-refractivity contribution in [2.24, 2.45) is 5.92 Å². The van der Waals surface area contributed by atoms with E-state index in [0.717, 1.165) is 0 Å². The Kier molecular flexibility index (Phi) is 7.68. The van der Waals surface area contributed by atoms with Crippen molar-refractivity contribution in [2.45, 2.75) is 24.9 Å². The van der Waals surface area contributed by atoms with Gasteiger partial charge in [-0.1, -0.05) is 42.8 Å². The fourth-order valence-electron chi connectivity index (χ4n) is 5.24. The molecule has 0 fully saturated rings. The average Bonchev–Trinajstić information content (AvgIpc) is 3.16. The van der Waals surface area contributed by atoms with Crippen LogP contribution in [0, 0.1) is 17.6 Å². The number of carbonyl (C=O) groups excluding carboxylic acids is 1. The Labute approximate surface area is 213 Å². The number of benzene rings is 2. The van der Waals surface area contributed by atoms with Gasteiger partial charge in [0.15, 0.2) is 11.6 Å². The quantitative estimate of drug-likeness (QED) is 0.476. The largest absolute Gasteiger partial charge is 0.488 e. The van der Waals surface area contributed by atoms with Crippen LogP contribution in [0.4, 0.5) is 8.78 Å². The van der Waals surface area contributed by atoms with Crippen LogP contribution < -0.4 is 20.1 Å². The van der Waals surface area contributed by atoms with Gasteiger partial charge in [-0.05, 0) is 25.6 Å². The molecule has 0 radical (unpaired) electrons. The summed E-state index contributed by atoms with van der Waals surface area (Å²) in [5.74, 6) is -2.57. The first-order valence-corrected chi connectivity index (χ1v) is 12.2. The van der Waals surface area contributed by atoms with Crippen molar-refractivity contribution in [3.05, 3.63) is 70.3 Å². The highest BCUT2D eigenvalue weighted by atomic mass is 35.5. The molecule has 0 spiro atoms. The number of ether oxygens (including phenoxy) is 2. The number of rotatable bonds is 8. The number of aliphatic hydroxyl groups is 1. The van der Waals surface area contributed by atoms with E-state index in [1.54, 1.807) is 0 Å². The highest BCUT2D eigenvalue weighted by molar-refractivity contribution is 6.34. The summed E-state index contributed by atoms with van der Waals surface area (Å²) in [6.45, 7) is 1.89. The second kappa shape index (κ2) is 10.6. The van der Waals surface area contributed by atoms with Gasteiger partial charge in [0.05, 0.1) is 17.2 Å². The van der Waals surface area contributed by atoms with E-state index in [1.165, 1.54) is 25.2 Å². The lowest BCUT2D eigenvalue weighted by molar-refractivity contribution is 0.0318. The first-order chi connectivity index (χ1) is 17.3. The van der Waals surface area contributed by atoms with Crippen LogP contribution in [0.15, 0.2) is 42.5 Å². The minimum atomic E-state index is -0.877. The number of fused-ring (bicyclic) bond motifs is 1. The van der Waals surface area contributed by atoms with Gasteiger partial charge in [-0.25, -0.2) is 8.78 Å². The van der Waals surface area contributed by atoms with E-state index in [1.807, 2.05) is 32.2 Å². The second-order valence-corrected chi connectivity index (χ2v) is 9.25. The molecule has 4 rings (SSSR count). The van der Waals surface area contributed by atoms with Crippen molar-refractivity contribution < 1.29 is 28.2 Å². The van der Waals surface area contributed by atoms with Crippen LogP contribution in [0.2, 0.25) is 5.02 Å². The molecule has 2 aliphatic rings. The molecule has 1 aliphatic heterocycles. The van der Waals surface area contributed by atoms with Crippen molar-refractivity contribution >= 4 is 17.5 Å². The lowest BCUT2D eigenvalue weighted by Gasteiger charge is -2.39. The van der Waals surface area contributed by atoms with Gasteiger partial charge < -0.3 is 25.2 Å². The Morgan fingerprint density at radius 1 is 1.28 bits per heavy atom. The smallest absolute Gasteiger partial charge is 0.251 e. The zero-order chi connectivity index (χ0) is 26.0. The lowest BCUT2D eigenvalue weighted by Crippen LogP contribution is -2.51. The Morgan fingerprint density at radius 3 is 2.69 bits per heavy atom. The Balaban J connectivity index is 1.99. The minimum Gasteiger partial charge on any atom is -0.488 e. The topological polar surface area (TPSA) is 79.8 Å². The Hall–Kier alpha value is -2.94. The molecule has 36 heavy (non-hydrogen) atoms. The standard InChI is InChI=1S/C27H29ClF2N2O4/c1-15-21-20(36-27(15,14-31-2)16-7-5-4-6-8-16)13-18(29)24(28)23(21)22-17(26(34)32-3)9-10-19(25(22)30)35-12-11-33/h4-7,9-10,13,15-16,31,33H,8,11-12,14H2,1-3H3,(H,32,34)/t15-,16?,27-/m0/s1. The van der Waals surface area contributed by atoms with Gasteiger partial charge >= 0.3 is 0 Å². The molecule has 1 heterocycles. The first-order valence-electron chi connectivity index (χ1n) is 11.8. The van der Waals surface area contributed by atoms with Crippen molar-refractivity contribution in [2.75, 3.05) is 33.9 Å². The fourth-order valence-corrected chi connectivity index (χ4v) is 5.49. The summed E-state index contributed by atoms with van der Waals surface area (Å²) in [6, 6.07) is 3.92. The summed E-state index contributed by atoms with van der Waals surface area (Å²) < 4.78 is 43.1. The van der Waals surface area contributed by atoms with Crippen LogP contribution in [0.1, 0.15) is 35.2 Å². The maximum Gasteiger partial charge on any atom is 0.251 e. The molecular weight excluding hydrogens is 490 g/mol. The normalized spacial score (nSPS) is 22.3. The maximum absolute atomic E-state index is 16.0. The van der Waals surface area contributed by atoms with Crippen molar-refractivity contribution in [3.63, 3.8) is 0 Å². The Bertz CT molecular complexity index is 1230. The molecule has 1 unspecified atom stereocenters. The predicted molar refractivity (Wildman–Crippen MR) is 135 cm³/mol. The second-order valence-electron chi connectivity index (χ2n) is 8.87. The van der Waals surface area contributed by atoms with E-state index < -0.39 is 23.1 Å². The fraction of sp³-hybridized carbons (Fsp3) is 0.370. The zero-order valence-electron chi connectivity index (χ0n) is 20.3. The van der Waals surface area contributed by atoms with E-state index in [-0.39, 0.29) is 58.3 Å². The zero-order valence-corrected chi connectivity index (χ0v) is 21.1. The van der Waals surface area contributed by atoms with Gasteiger partial charge in [0, 0.05) is 48.2 Å². The number of nitrogens with one attached hydrogen (secondary N) is 2. The molecule has 6 nitrogen and oxygen atoms in total. The number of halogens is 3. The molecular formula is C27H29ClF2N2O4. The molecule has 9 heteroatoms. The van der Waals surface area contributed by atoms with Crippen LogP contribution in [0.25, 0.3) is 11.1 Å². The van der Waals surface area contributed by atoms with E-state index >= 15 is 8.78 Å². The van der Waals surface area contributed by atoms with Gasteiger partial charge in [0.1, 0.15) is 23.8 Å². The minimum absolute atomic E-state index is 0.0279. The number of carbonyl (C=O) groups is 1. The molecule has 0 saturated heterocycles. The maximum atomic E-state index is 16.0. The van der Waals surface area contributed by atoms with Crippen molar-refractivity contribution in [1.82, 2.24) is 10.6 Å². The number of hydrogen-bond acceptors (Lipinski definition) is 5. The van der Waals surface area contributed by atoms with E-state index in [4.69, 9.17) is 26.2 Å². The van der Waals surface area contributed by atoms with Crippen LogP contribution >= 0.6 is 11.6 Å². The summed E-state index contributed by atoms with van der Waals surface area (Å²) in [4.78, 5) is 12.8. The number of likely N-dealkylation sites (N-methyl/N-ethyl adjacent to an activating group) is 1. The van der Waals surface area contributed by atoms with Gasteiger partial charge in [-0.3, -0.25) is 4.79 Å². The molecule has 192 valence electrons. The summed E-state index contributed by atoms with van der Waals surface area (Å²) in [5.41, 5.74) is -0.444. The summed E-state index contributed by atoms with van der Waals surface area (Å²) in [6.07, 6.45) is 8.72. The third-order valence-electron chi connectivity index (χ3n) is 6.93. The van der Waals surface area contributed by atoms with E-state index in [2.05, 4.69) is 16.7 Å². The highest BCUT2D eigenvalue weighted by Crippen LogP contribution is 2.56. The van der Waals surface area contributed by atoms with E-state index in [0.29, 0.717) is 18.5 Å². The molecule has 0 aromatic heterocycles. The van der Waals surface area contributed by atoms with E-state index in [9.17, 15) is 4.79 Å². The number of hydrogen-bond donors (Lipinski definition) is 3. The summed E-state index contributed by atoms with van der Waals surface area (Å²) in [5, 5.41) is 14.5. The predicted octanol–water partition coefficient (Wildman–Crippen LogP) is 4.60. The number of aliphatic hydroxyl groups excluding tert-OH is 1. The monoisotopic (exact) mass is 518 g/mol. The molecule has 3 atom stereocenters. The van der Waals surface area contributed by atoms with Crippen LogP contribution in [0.5, 0.6) is 11.5 Å². The molecule has 1 amide bonds. The number of allylic oxidation sites excluding steroid dienone is 3. The third kappa shape index (κ3) is 4.27. The van der Waals surface area contributed by atoms with Gasteiger partial charge in [0.2, 0.25) is 0 Å². The molecule has 3 N–H and O–H groups in total. The van der Waals surface area contributed by atoms with Gasteiger partial charge in [-0.2, -0.15) is 0 Å². The number of amides is 1. The summed E-state index contributed by atoms with van der Waals surface area (Å²) >= 11 is 6.53. The SMILES string of the molecule is CNC[C@]1(C2C=CC=CC2)Oc2cc(F)c(Cl)c(-c3c(C(=O)NC)ccc(OCCO)c3F)c2[C@@H]1C. The molecule has 2 aromatic rings. The van der Waals surface area contributed by atoms with Crippen LogP contribution in [-0.4, -0.2) is 50.5 Å². The summed E-state index contributed by atoms with van der Waals surface area (Å²) in [7, 11) is 3.23. The van der Waals surface area contributed by atoms with Gasteiger partial charge in [0.25, 0.3) is 5.91 Å². The molecule has 1 aliphatic carbocycles.